The predicted molar refractivity (Wildman–Crippen MR) is 108 cm³/mol. The lowest BCUT2D eigenvalue weighted by Crippen LogP contribution is -2.40. The van der Waals surface area contributed by atoms with E-state index in [0.29, 0.717) is 0 Å². The maximum atomic E-state index is 13.2. The number of fused-ring (bicyclic) bond motifs is 1. The van der Waals surface area contributed by atoms with E-state index in [-0.39, 0.29) is 24.2 Å². The van der Waals surface area contributed by atoms with Crippen molar-refractivity contribution in [2.24, 2.45) is 0 Å². The summed E-state index contributed by atoms with van der Waals surface area (Å²) in [6, 6.07) is 10.2. The van der Waals surface area contributed by atoms with Gasteiger partial charge < -0.3 is 14.2 Å². The maximum absolute atomic E-state index is 13.2. The number of likely N-dealkylation sites (tertiary alicyclic amines) is 1. The molecule has 146 valence electrons. The summed E-state index contributed by atoms with van der Waals surface area (Å²) in [5.41, 5.74) is 2.80. The third kappa shape index (κ3) is 3.59. The number of anilines is 1. The van der Waals surface area contributed by atoms with Crippen LogP contribution in [0.25, 0.3) is 5.52 Å². The number of hydrogen-bond donors (Lipinski definition) is 0. The maximum Gasteiger partial charge on any atom is 0.227 e. The van der Waals surface area contributed by atoms with Gasteiger partial charge in [0.25, 0.3) is 0 Å². The SMILES string of the molecule is CN(C)c1nc([C@@H]2CCCCN2C(=O)Cc2ccc(F)cc2)cn2cccc12. The Kier molecular flexibility index (Phi) is 5.03. The van der Waals surface area contributed by atoms with E-state index in [1.54, 1.807) is 12.1 Å². The molecule has 1 aliphatic heterocycles. The Hall–Kier alpha value is -2.89. The van der Waals surface area contributed by atoms with Crippen molar-refractivity contribution < 1.29 is 9.18 Å². The summed E-state index contributed by atoms with van der Waals surface area (Å²) in [4.78, 5) is 21.9. The Bertz CT molecular complexity index is 980. The number of halogens is 1. The van der Waals surface area contributed by atoms with Crippen LogP contribution in [0.1, 0.15) is 36.6 Å². The molecule has 0 unspecified atom stereocenters. The number of hydrogen-bond acceptors (Lipinski definition) is 3. The fourth-order valence-electron chi connectivity index (χ4n) is 3.95. The lowest BCUT2D eigenvalue weighted by atomic mass is 9.98. The van der Waals surface area contributed by atoms with Gasteiger partial charge in [0, 0.05) is 33.0 Å². The summed E-state index contributed by atoms with van der Waals surface area (Å²) < 4.78 is 15.2. The van der Waals surface area contributed by atoms with E-state index in [1.165, 1.54) is 12.1 Å². The average molecular weight is 380 g/mol. The molecule has 1 atom stereocenters. The monoisotopic (exact) mass is 380 g/mol. The van der Waals surface area contributed by atoms with Crippen molar-refractivity contribution in [3.63, 3.8) is 0 Å². The first kappa shape index (κ1) is 18.5. The van der Waals surface area contributed by atoms with Crippen molar-refractivity contribution in [2.75, 3.05) is 25.5 Å². The fraction of sp³-hybridized carbons (Fsp3) is 0.364. The van der Waals surface area contributed by atoms with Gasteiger partial charge in [-0.05, 0) is 49.1 Å². The molecule has 0 bridgehead atoms. The zero-order valence-electron chi connectivity index (χ0n) is 16.3. The first-order valence-electron chi connectivity index (χ1n) is 9.72. The van der Waals surface area contributed by atoms with E-state index < -0.39 is 0 Å². The molecule has 1 saturated heterocycles. The van der Waals surface area contributed by atoms with Crippen molar-refractivity contribution in [1.82, 2.24) is 14.3 Å². The number of piperidine rings is 1. The van der Waals surface area contributed by atoms with Gasteiger partial charge in [-0.15, -0.1) is 0 Å². The van der Waals surface area contributed by atoms with Crippen LogP contribution in [0.2, 0.25) is 0 Å². The number of aromatic nitrogens is 2. The fourth-order valence-corrected chi connectivity index (χ4v) is 3.95. The Morgan fingerprint density at radius 2 is 2.00 bits per heavy atom. The summed E-state index contributed by atoms with van der Waals surface area (Å²) in [6.45, 7) is 0.730. The zero-order chi connectivity index (χ0) is 19.7. The molecule has 0 N–H and O–H groups in total. The first-order valence-corrected chi connectivity index (χ1v) is 9.72. The number of carbonyl (C=O) groups is 1. The molecule has 5 nitrogen and oxygen atoms in total. The third-order valence-corrected chi connectivity index (χ3v) is 5.37. The Labute approximate surface area is 164 Å². The van der Waals surface area contributed by atoms with E-state index in [9.17, 15) is 9.18 Å². The molecule has 4 rings (SSSR count). The van der Waals surface area contributed by atoms with Crippen LogP contribution >= 0.6 is 0 Å². The van der Waals surface area contributed by atoms with Crippen molar-refractivity contribution >= 4 is 17.2 Å². The Morgan fingerprint density at radius 3 is 2.75 bits per heavy atom. The van der Waals surface area contributed by atoms with E-state index >= 15 is 0 Å². The van der Waals surface area contributed by atoms with Crippen LogP contribution in [-0.4, -0.2) is 40.8 Å². The summed E-state index contributed by atoms with van der Waals surface area (Å²) >= 11 is 0. The number of nitrogens with zero attached hydrogens (tertiary/aromatic N) is 4. The molecule has 3 heterocycles. The van der Waals surface area contributed by atoms with Crippen LogP contribution in [0.5, 0.6) is 0 Å². The first-order chi connectivity index (χ1) is 13.5. The lowest BCUT2D eigenvalue weighted by molar-refractivity contribution is -0.134. The van der Waals surface area contributed by atoms with Gasteiger partial charge in [0.15, 0.2) is 5.82 Å². The molecule has 1 aliphatic rings. The van der Waals surface area contributed by atoms with Crippen molar-refractivity contribution in [2.45, 2.75) is 31.7 Å². The summed E-state index contributed by atoms with van der Waals surface area (Å²) in [5, 5.41) is 0. The molecular weight excluding hydrogens is 355 g/mol. The molecule has 28 heavy (non-hydrogen) atoms. The van der Waals surface area contributed by atoms with Crippen molar-refractivity contribution in [3.8, 4) is 0 Å². The standard InChI is InChI=1S/C22H25FN4O/c1-25(2)22-20-7-5-12-26(20)15-18(24-22)19-6-3-4-13-27(19)21(28)14-16-8-10-17(23)11-9-16/h5,7-12,15,19H,3-4,6,13-14H2,1-2H3/t19-/m0/s1. The summed E-state index contributed by atoms with van der Waals surface area (Å²) in [6.07, 6.45) is 7.31. The second-order valence-corrected chi connectivity index (χ2v) is 7.59. The van der Waals surface area contributed by atoms with Crippen LogP contribution in [-0.2, 0) is 11.2 Å². The molecule has 6 heteroatoms. The molecule has 0 saturated carbocycles. The third-order valence-electron chi connectivity index (χ3n) is 5.37. The van der Waals surface area contributed by atoms with Gasteiger partial charge in [0.1, 0.15) is 5.82 Å². The van der Waals surface area contributed by atoms with Crippen molar-refractivity contribution in [1.29, 1.82) is 0 Å². The van der Waals surface area contributed by atoms with E-state index in [1.807, 2.05) is 48.4 Å². The topological polar surface area (TPSA) is 40.9 Å². The van der Waals surface area contributed by atoms with E-state index in [2.05, 4.69) is 4.40 Å². The van der Waals surface area contributed by atoms with Gasteiger partial charge in [-0.1, -0.05) is 12.1 Å². The highest BCUT2D eigenvalue weighted by molar-refractivity contribution is 5.79. The normalized spacial score (nSPS) is 17.1. The molecule has 1 fully saturated rings. The van der Waals surface area contributed by atoms with E-state index in [0.717, 1.165) is 48.4 Å². The highest BCUT2D eigenvalue weighted by atomic mass is 19.1. The summed E-state index contributed by atoms with van der Waals surface area (Å²) in [5.74, 6) is 0.684. The minimum atomic E-state index is -0.285. The molecule has 3 aromatic rings. The zero-order valence-corrected chi connectivity index (χ0v) is 16.3. The van der Waals surface area contributed by atoms with Crippen molar-refractivity contribution in [3.05, 3.63) is 65.9 Å². The lowest BCUT2D eigenvalue weighted by Gasteiger charge is -2.36. The highest BCUT2D eigenvalue weighted by Crippen LogP contribution is 2.32. The summed E-state index contributed by atoms with van der Waals surface area (Å²) in [7, 11) is 3.97. The van der Waals surface area contributed by atoms with Gasteiger partial charge in [-0.3, -0.25) is 4.79 Å². The molecule has 0 aliphatic carbocycles. The van der Waals surface area contributed by atoms with Gasteiger partial charge in [0.05, 0.1) is 23.7 Å². The average Bonchev–Trinajstić information content (AvgIpc) is 3.17. The number of carbonyl (C=O) groups excluding carboxylic acids is 1. The second-order valence-electron chi connectivity index (χ2n) is 7.59. The number of benzene rings is 1. The predicted octanol–water partition coefficient (Wildman–Crippen LogP) is 3.84. The molecule has 1 aromatic carbocycles. The highest BCUT2D eigenvalue weighted by Gasteiger charge is 2.30. The van der Waals surface area contributed by atoms with Gasteiger partial charge >= 0.3 is 0 Å². The molecule has 2 aromatic heterocycles. The van der Waals surface area contributed by atoms with Gasteiger partial charge in [-0.25, -0.2) is 9.37 Å². The minimum absolute atomic E-state index is 0.0350. The molecule has 0 spiro atoms. The Morgan fingerprint density at radius 1 is 1.21 bits per heavy atom. The van der Waals surface area contributed by atoms with Crippen LogP contribution < -0.4 is 4.90 Å². The Balaban J connectivity index is 1.64. The van der Waals surface area contributed by atoms with Crippen LogP contribution in [0.4, 0.5) is 10.2 Å². The van der Waals surface area contributed by atoms with Crippen LogP contribution in [0, 0.1) is 5.82 Å². The number of amides is 1. The van der Waals surface area contributed by atoms with Gasteiger partial charge in [0.2, 0.25) is 5.91 Å². The van der Waals surface area contributed by atoms with Gasteiger partial charge in [-0.2, -0.15) is 0 Å². The smallest absolute Gasteiger partial charge is 0.227 e. The van der Waals surface area contributed by atoms with Crippen LogP contribution in [0.3, 0.4) is 0 Å². The largest absolute Gasteiger partial charge is 0.361 e. The van der Waals surface area contributed by atoms with Crippen LogP contribution in [0.15, 0.2) is 48.8 Å². The minimum Gasteiger partial charge on any atom is -0.361 e. The molecule has 1 amide bonds. The molecular formula is C22H25FN4O. The van der Waals surface area contributed by atoms with E-state index in [4.69, 9.17) is 4.98 Å². The quantitative estimate of drug-likeness (QED) is 0.691. The molecule has 0 radical (unpaired) electrons. The second kappa shape index (κ2) is 7.62. The number of rotatable bonds is 4.